The fraction of sp³-hybridized carbons (Fsp3) is 0. The van der Waals surface area contributed by atoms with Crippen molar-refractivity contribution < 1.29 is 9.90 Å². The third-order valence-electron chi connectivity index (χ3n) is 3.69. The van der Waals surface area contributed by atoms with E-state index in [0.29, 0.717) is 11.2 Å². The van der Waals surface area contributed by atoms with Crippen molar-refractivity contribution in [3.05, 3.63) is 60.4 Å². The summed E-state index contributed by atoms with van der Waals surface area (Å²) in [7, 11) is 0. The molecule has 112 valence electrons. The molecule has 0 unspecified atom stereocenters. The minimum absolute atomic E-state index is 0.120. The lowest BCUT2D eigenvalue weighted by Crippen LogP contribution is -2.12. The first kappa shape index (κ1) is 13.3. The smallest absolute Gasteiger partial charge is 0.259 e. The maximum absolute atomic E-state index is 12.4. The summed E-state index contributed by atoms with van der Waals surface area (Å²) in [5.74, 6) is -0.511. The van der Waals surface area contributed by atoms with E-state index >= 15 is 0 Å². The molecule has 4 aromatic rings. The predicted octanol–water partition coefficient (Wildman–Crippen LogP) is 3.07. The number of pyridine rings is 1. The second kappa shape index (κ2) is 5.10. The zero-order chi connectivity index (χ0) is 15.8. The second-order valence-corrected chi connectivity index (χ2v) is 5.16. The molecule has 0 aliphatic carbocycles. The summed E-state index contributed by atoms with van der Waals surface area (Å²) in [6, 6.07) is 12.4. The average Bonchev–Trinajstić information content (AvgIpc) is 3.03. The van der Waals surface area contributed by atoms with Crippen LogP contribution in [-0.2, 0) is 0 Å². The van der Waals surface area contributed by atoms with Crippen LogP contribution in [0.1, 0.15) is 10.4 Å². The Morgan fingerprint density at radius 1 is 1.13 bits per heavy atom. The third kappa shape index (κ3) is 2.26. The van der Waals surface area contributed by atoms with Gasteiger partial charge in [-0.2, -0.15) is 5.10 Å². The van der Waals surface area contributed by atoms with Gasteiger partial charge in [-0.3, -0.25) is 14.9 Å². The van der Waals surface area contributed by atoms with E-state index in [2.05, 4.69) is 20.5 Å². The van der Waals surface area contributed by atoms with Gasteiger partial charge in [0.15, 0.2) is 5.75 Å². The van der Waals surface area contributed by atoms with E-state index in [1.165, 1.54) is 0 Å². The number of anilines is 1. The van der Waals surface area contributed by atoms with Gasteiger partial charge in [0.2, 0.25) is 0 Å². The Kier molecular flexibility index (Phi) is 2.94. The molecule has 0 aliphatic heterocycles. The summed E-state index contributed by atoms with van der Waals surface area (Å²) in [6.45, 7) is 0. The molecule has 0 aliphatic rings. The third-order valence-corrected chi connectivity index (χ3v) is 3.69. The standard InChI is InChI=1S/C17H12N4O2/c22-16-13(5-3-10-2-1-7-18-15(10)16)17(23)20-12-4-6-14-11(8-12)9-19-21-14/h1-9,22H,(H,19,21)(H,20,23). The van der Waals surface area contributed by atoms with E-state index in [9.17, 15) is 9.90 Å². The number of aromatic amines is 1. The molecule has 4 rings (SSSR count). The molecule has 0 bridgehead atoms. The minimum Gasteiger partial charge on any atom is -0.505 e. The van der Waals surface area contributed by atoms with Crippen molar-refractivity contribution in [1.29, 1.82) is 0 Å². The normalized spacial score (nSPS) is 11.0. The van der Waals surface area contributed by atoms with Crippen LogP contribution in [0, 0.1) is 0 Å². The Balaban J connectivity index is 1.69. The average molecular weight is 304 g/mol. The molecule has 3 N–H and O–H groups in total. The Hall–Kier alpha value is -3.41. The summed E-state index contributed by atoms with van der Waals surface area (Å²) < 4.78 is 0. The van der Waals surface area contributed by atoms with Crippen LogP contribution in [-0.4, -0.2) is 26.2 Å². The number of nitrogens with zero attached hydrogens (tertiary/aromatic N) is 2. The molecule has 0 saturated carbocycles. The van der Waals surface area contributed by atoms with Crippen LogP contribution < -0.4 is 5.32 Å². The number of phenolic OH excluding ortho intramolecular Hbond substituents is 1. The van der Waals surface area contributed by atoms with Crippen molar-refractivity contribution in [2.45, 2.75) is 0 Å². The minimum atomic E-state index is -0.391. The largest absolute Gasteiger partial charge is 0.505 e. The van der Waals surface area contributed by atoms with Crippen LogP contribution in [0.15, 0.2) is 54.9 Å². The predicted molar refractivity (Wildman–Crippen MR) is 87.5 cm³/mol. The number of benzene rings is 2. The molecule has 0 fully saturated rings. The van der Waals surface area contributed by atoms with Gasteiger partial charge in [0.05, 0.1) is 17.3 Å². The van der Waals surface area contributed by atoms with Crippen LogP contribution in [0.5, 0.6) is 5.75 Å². The first-order valence-electron chi connectivity index (χ1n) is 7.03. The summed E-state index contributed by atoms with van der Waals surface area (Å²) in [4.78, 5) is 16.6. The number of carbonyl (C=O) groups excluding carboxylic acids is 1. The fourth-order valence-corrected chi connectivity index (χ4v) is 2.53. The first-order chi connectivity index (χ1) is 11.2. The van der Waals surface area contributed by atoms with Gasteiger partial charge >= 0.3 is 0 Å². The van der Waals surface area contributed by atoms with Crippen molar-refractivity contribution in [2.75, 3.05) is 5.32 Å². The number of amides is 1. The lowest BCUT2D eigenvalue weighted by molar-refractivity contribution is 0.102. The first-order valence-corrected chi connectivity index (χ1v) is 7.03. The highest BCUT2D eigenvalue weighted by molar-refractivity contribution is 6.09. The van der Waals surface area contributed by atoms with E-state index in [-0.39, 0.29) is 11.3 Å². The zero-order valence-corrected chi connectivity index (χ0v) is 11.9. The lowest BCUT2D eigenvalue weighted by Gasteiger charge is -2.08. The fourth-order valence-electron chi connectivity index (χ4n) is 2.53. The Morgan fingerprint density at radius 3 is 2.96 bits per heavy atom. The van der Waals surface area contributed by atoms with Crippen molar-refractivity contribution in [2.24, 2.45) is 0 Å². The van der Waals surface area contributed by atoms with Gasteiger partial charge in [-0.15, -0.1) is 0 Å². The molecule has 1 amide bonds. The van der Waals surface area contributed by atoms with Crippen LogP contribution in [0.25, 0.3) is 21.8 Å². The Labute approximate surface area is 130 Å². The van der Waals surface area contributed by atoms with E-state index in [1.807, 2.05) is 18.2 Å². The summed E-state index contributed by atoms with van der Waals surface area (Å²) >= 11 is 0. The number of hydrogen-bond donors (Lipinski definition) is 3. The lowest BCUT2D eigenvalue weighted by atomic mass is 10.1. The molecule has 0 saturated heterocycles. The molecule has 0 atom stereocenters. The van der Waals surface area contributed by atoms with E-state index in [0.717, 1.165) is 16.3 Å². The number of hydrogen-bond acceptors (Lipinski definition) is 4. The number of phenols is 1. The molecule has 6 nitrogen and oxygen atoms in total. The van der Waals surface area contributed by atoms with Gasteiger partial charge in [0.25, 0.3) is 5.91 Å². The quantitative estimate of drug-likeness (QED) is 0.531. The number of nitrogens with one attached hydrogen (secondary N) is 2. The van der Waals surface area contributed by atoms with Gasteiger partial charge in [-0.25, -0.2) is 0 Å². The van der Waals surface area contributed by atoms with Crippen LogP contribution in [0.4, 0.5) is 5.69 Å². The van der Waals surface area contributed by atoms with Crippen LogP contribution in [0.3, 0.4) is 0 Å². The van der Waals surface area contributed by atoms with Crippen molar-refractivity contribution in [1.82, 2.24) is 15.2 Å². The number of H-pyrrole nitrogens is 1. The van der Waals surface area contributed by atoms with Gasteiger partial charge in [0, 0.05) is 22.7 Å². The maximum atomic E-state index is 12.4. The Bertz CT molecular complexity index is 1040. The van der Waals surface area contributed by atoms with E-state index < -0.39 is 5.91 Å². The summed E-state index contributed by atoms with van der Waals surface area (Å²) in [5, 5.41) is 21.5. The number of rotatable bonds is 2. The monoisotopic (exact) mass is 304 g/mol. The molecular formula is C17H12N4O2. The van der Waals surface area contributed by atoms with Crippen LogP contribution in [0.2, 0.25) is 0 Å². The molecular weight excluding hydrogens is 292 g/mol. The highest BCUT2D eigenvalue weighted by Crippen LogP contribution is 2.27. The topological polar surface area (TPSA) is 90.9 Å². The van der Waals surface area contributed by atoms with Gasteiger partial charge in [-0.05, 0) is 30.3 Å². The van der Waals surface area contributed by atoms with Gasteiger partial charge < -0.3 is 10.4 Å². The highest BCUT2D eigenvalue weighted by atomic mass is 16.3. The highest BCUT2D eigenvalue weighted by Gasteiger charge is 2.15. The van der Waals surface area contributed by atoms with E-state index in [1.54, 1.807) is 36.7 Å². The molecule has 2 heterocycles. The molecule has 2 aromatic heterocycles. The molecule has 2 aromatic carbocycles. The number of carbonyl (C=O) groups is 1. The molecule has 0 spiro atoms. The van der Waals surface area contributed by atoms with Crippen LogP contribution >= 0.6 is 0 Å². The molecule has 23 heavy (non-hydrogen) atoms. The summed E-state index contributed by atoms with van der Waals surface area (Å²) in [6.07, 6.45) is 3.26. The van der Waals surface area contributed by atoms with E-state index in [4.69, 9.17) is 0 Å². The maximum Gasteiger partial charge on any atom is 0.259 e. The Morgan fingerprint density at radius 2 is 2.04 bits per heavy atom. The molecule has 6 heteroatoms. The van der Waals surface area contributed by atoms with Crippen molar-refractivity contribution >= 4 is 33.4 Å². The number of aromatic nitrogens is 3. The number of fused-ring (bicyclic) bond motifs is 2. The SMILES string of the molecule is O=C(Nc1ccc2[nH]ncc2c1)c1ccc2cccnc2c1O. The van der Waals surface area contributed by atoms with Crippen molar-refractivity contribution in [3.8, 4) is 5.75 Å². The van der Waals surface area contributed by atoms with Crippen molar-refractivity contribution in [3.63, 3.8) is 0 Å². The molecule has 0 radical (unpaired) electrons. The van der Waals surface area contributed by atoms with Gasteiger partial charge in [-0.1, -0.05) is 12.1 Å². The second-order valence-electron chi connectivity index (χ2n) is 5.16. The number of aromatic hydroxyl groups is 1. The van der Waals surface area contributed by atoms with Gasteiger partial charge in [0.1, 0.15) is 5.52 Å². The summed E-state index contributed by atoms with van der Waals surface area (Å²) in [5.41, 5.74) is 2.11. The zero-order valence-electron chi connectivity index (χ0n) is 11.9.